The summed E-state index contributed by atoms with van der Waals surface area (Å²) < 4.78 is 8.06. The van der Waals surface area contributed by atoms with Crippen LogP contribution in [0.25, 0.3) is 0 Å². The van der Waals surface area contributed by atoms with E-state index in [2.05, 4.69) is 0 Å². The highest BCUT2D eigenvalue weighted by Crippen LogP contribution is 2.54. The molecule has 0 aliphatic heterocycles. The van der Waals surface area contributed by atoms with E-state index in [1.54, 1.807) is 16.0 Å². The van der Waals surface area contributed by atoms with Gasteiger partial charge in [-0.25, -0.2) is 0 Å². The van der Waals surface area contributed by atoms with Crippen molar-refractivity contribution in [2.24, 2.45) is 10.8 Å². The number of ketones is 1. The first-order chi connectivity index (χ1) is 14.7. The molecule has 166 valence electrons. The number of benzene rings is 2. The van der Waals surface area contributed by atoms with Gasteiger partial charge in [-0.05, 0) is 63.6 Å². The van der Waals surface area contributed by atoms with Gasteiger partial charge in [-0.3, -0.25) is 14.2 Å². The van der Waals surface area contributed by atoms with E-state index in [1.165, 1.54) is 0 Å². The number of carboxylic acids is 1. The van der Waals surface area contributed by atoms with Crippen molar-refractivity contribution in [3.63, 3.8) is 0 Å². The number of rotatable bonds is 6. The first-order valence-electron chi connectivity index (χ1n) is 10.8. The summed E-state index contributed by atoms with van der Waals surface area (Å²) in [6.45, 7) is 7.77. The standard InChI is InChI=1S/C26H32O3.HOP/c1-18-15-19(2)22(20(3)16-18)23(27)26(13-9-6-10-14-26)25(4,24(28)29)17-21-11-7-5-8-12-21;1-2/h5,7-8,11-12,15-16H,6,9-10,13-14,17H2,1-4H3,(H,28,29);2H. The molecule has 2 aromatic carbocycles. The van der Waals surface area contributed by atoms with E-state index < -0.39 is 16.8 Å². The summed E-state index contributed by atoms with van der Waals surface area (Å²) in [6.07, 6.45) is 4.48. The molecule has 4 nitrogen and oxygen atoms in total. The predicted molar refractivity (Wildman–Crippen MR) is 125 cm³/mol. The first-order valence-corrected chi connectivity index (χ1v) is 11.2. The van der Waals surface area contributed by atoms with Gasteiger partial charge in [0.25, 0.3) is 0 Å². The molecular formula is C26H33O4P. The average Bonchev–Trinajstić information content (AvgIpc) is 2.75. The number of carboxylic acid groups (broad SMARTS) is 1. The molecule has 1 fully saturated rings. The second-order valence-electron chi connectivity index (χ2n) is 9.05. The van der Waals surface area contributed by atoms with Crippen molar-refractivity contribution >= 4 is 20.9 Å². The van der Waals surface area contributed by atoms with Crippen molar-refractivity contribution in [3.8, 4) is 0 Å². The molecule has 0 heterocycles. The third-order valence-corrected chi connectivity index (χ3v) is 6.97. The Balaban J connectivity index is 0.00000166. The summed E-state index contributed by atoms with van der Waals surface area (Å²) >= 11 is 0. The van der Waals surface area contributed by atoms with Gasteiger partial charge < -0.3 is 5.11 Å². The Labute approximate surface area is 187 Å². The molecule has 0 spiro atoms. The molecule has 1 atom stereocenters. The molecule has 2 aromatic rings. The normalized spacial score (nSPS) is 17.0. The van der Waals surface area contributed by atoms with Crippen molar-refractivity contribution in [2.75, 3.05) is 0 Å². The van der Waals surface area contributed by atoms with Crippen LogP contribution in [-0.4, -0.2) is 16.9 Å². The van der Waals surface area contributed by atoms with E-state index in [-0.39, 0.29) is 5.78 Å². The lowest BCUT2D eigenvalue weighted by Gasteiger charge is -2.48. The van der Waals surface area contributed by atoms with Gasteiger partial charge >= 0.3 is 5.97 Å². The van der Waals surface area contributed by atoms with E-state index in [0.29, 0.717) is 19.3 Å². The fraction of sp³-hybridized carbons (Fsp3) is 0.462. The third kappa shape index (κ3) is 4.80. The molecule has 1 unspecified atom stereocenters. The Kier molecular flexibility index (Phi) is 8.31. The van der Waals surface area contributed by atoms with Crippen LogP contribution in [-0.2, 0) is 15.8 Å². The molecule has 3 rings (SSSR count). The second kappa shape index (κ2) is 10.3. The molecule has 5 heteroatoms. The third-order valence-electron chi connectivity index (χ3n) is 6.97. The van der Waals surface area contributed by atoms with Crippen LogP contribution in [0.4, 0.5) is 0 Å². The van der Waals surface area contributed by atoms with Crippen molar-refractivity contribution in [3.05, 3.63) is 70.3 Å². The lowest BCUT2D eigenvalue weighted by molar-refractivity contribution is -0.156. The van der Waals surface area contributed by atoms with Crippen LogP contribution in [0, 0.1) is 31.6 Å². The summed E-state index contributed by atoms with van der Waals surface area (Å²) in [5.74, 6) is -0.855. The zero-order valence-electron chi connectivity index (χ0n) is 19.0. The Bertz CT molecular complexity index is 909. The maximum atomic E-state index is 14.2. The maximum absolute atomic E-state index is 14.2. The van der Waals surface area contributed by atoms with Gasteiger partial charge in [0.2, 0.25) is 0 Å². The molecule has 0 bridgehead atoms. The zero-order valence-corrected chi connectivity index (χ0v) is 20.0. The van der Waals surface area contributed by atoms with E-state index in [1.807, 2.05) is 63.2 Å². The van der Waals surface area contributed by atoms with Crippen LogP contribution in [0.5, 0.6) is 0 Å². The molecule has 1 saturated carbocycles. The molecule has 1 aliphatic carbocycles. The SMILES string of the molecule is Cc1cc(C)c(C(=O)C2(C(C)(Cc3ccccc3)C(=O)O)CCCCC2)c(C)c1.O=P. The van der Waals surface area contributed by atoms with Crippen LogP contribution >= 0.6 is 9.12 Å². The minimum Gasteiger partial charge on any atom is -0.481 e. The van der Waals surface area contributed by atoms with Crippen molar-refractivity contribution < 1.29 is 19.3 Å². The highest BCUT2D eigenvalue weighted by atomic mass is 31.0. The number of aryl methyl sites for hydroxylation is 3. The second-order valence-corrected chi connectivity index (χ2v) is 9.05. The van der Waals surface area contributed by atoms with Crippen LogP contribution in [0.3, 0.4) is 0 Å². The number of hydrogen-bond acceptors (Lipinski definition) is 3. The predicted octanol–water partition coefficient (Wildman–Crippen LogP) is 6.55. The molecular weight excluding hydrogens is 407 g/mol. The maximum Gasteiger partial charge on any atom is 0.310 e. The fourth-order valence-corrected chi connectivity index (χ4v) is 5.42. The monoisotopic (exact) mass is 440 g/mol. The largest absolute Gasteiger partial charge is 0.481 e. The van der Waals surface area contributed by atoms with Gasteiger partial charge in [0.15, 0.2) is 5.78 Å². The number of carbonyl (C=O) groups is 2. The van der Waals surface area contributed by atoms with Gasteiger partial charge in [-0.1, -0.05) is 67.3 Å². The highest BCUT2D eigenvalue weighted by Gasteiger charge is 2.58. The smallest absolute Gasteiger partial charge is 0.310 e. The molecule has 1 N–H and O–H groups in total. The molecule has 0 saturated heterocycles. The Morgan fingerprint density at radius 1 is 0.968 bits per heavy atom. The van der Waals surface area contributed by atoms with Gasteiger partial charge in [-0.2, -0.15) is 0 Å². The zero-order chi connectivity index (χ0) is 23.2. The summed E-state index contributed by atoms with van der Waals surface area (Å²) in [5, 5.41) is 10.4. The van der Waals surface area contributed by atoms with Crippen LogP contribution in [0.15, 0.2) is 42.5 Å². The van der Waals surface area contributed by atoms with Crippen LogP contribution < -0.4 is 0 Å². The van der Waals surface area contributed by atoms with E-state index >= 15 is 0 Å². The molecule has 31 heavy (non-hydrogen) atoms. The van der Waals surface area contributed by atoms with Crippen molar-refractivity contribution in [1.29, 1.82) is 0 Å². The van der Waals surface area contributed by atoms with Gasteiger partial charge in [-0.15, -0.1) is 0 Å². The summed E-state index contributed by atoms with van der Waals surface area (Å²) in [7, 11) is 1.72. The highest BCUT2D eigenvalue weighted by molar-refractivity contribution is 7.00. The topological polar surface area (TPSA) is 71.4 Å². The summed E-state index contributed by atoms with van der Waals surface area (Å²) in [4.78, 5) is 26.9. The van der Waals surface area contributed by atoms with Crippen LogP contribution in [0.2, 0.25) is 0 Å². The van der Waals surface area contributed by atoms with Crippen molar-refractivity contribution in [1.82, 2.24) is 0 Å². The molecule has 0 radical (unpaired) electrons. The quantitative estimate of drug-likeness (QED) is 0.408. The average molecular weight is 441 g/mol. The van der Waals surface area contributed by atoms with E-state index in [9.17, 15) is 14.7 Å². The Morgan fingerprint density at radius 2 is 1.48 bits per heavy atom. The van der Waals surface area contributed by atoms with Gasteiger partial charge in [0.05, 0.1) is 5.41 Å². The van der Waals surface area contributed by atoms with Gasteiger partial charge in [0.1, 0.15) is 9.12 Å². The molecule has 0 amide bonds. The Hall–Kier alpha value is -2.32. The number of carbonyl (C=O) groups excluding carboxylic acids is 1. The lowest BCUT2D eigenvalue weighted by atomic mass is 9.52. The molecule has 0 aromatic heterocycles. The van der Waals surface area contributed by atoms with Crippen molar-refractivity contribution in [2.45, 2.75) is 66.2 Å². The lowest BCUT2D eigenvalue weighted by Crippen LogP contribution is -2.53. The van der Waals surface area contributed by atoms with Crippen LogP contribution in [0.1, 0.15) is 71.6 Å². The van der Waals surface area contributed by atoms with E-state index in [0.717, 1.165) is 47.1 Å². The minimum atomic E-state index is -1.16. The number of Topliss-reactive ketones (excluding diaryl/α,β-unsaturated/α-hetero) is 1. The minimum absolute atomic E-state index is 0.0213. The number of hydrogen-bond donors (Lipinski definition) is 1. The van der Waals surface area contributed by atoms with E-state index in [4.69, 9.17) is 4.57 Å². The summed E-state index contributed by atoms with van der Waals surface area (Å²) in [6, 6.07) is 13.8. The van der Waals surface area contributed by atoms with Gasteiger partial charge in [0, 0.05) is 11.0 Å². The Morgan fingerprint density at radius 3 is 1.97 bits per heavy atom. The summed E-state index contributed by atoms with van der Waals surface area (Å²) in [5.41, 5.74) is 2.66. The molecule has 1 aliphatic rings. The first kappa shape index (κ1) is 24.9. The fourth-order valence-electron chi connectivity index (χ4n) is 5.42. The number of aliphatic carboxylic acids is 1.